The molecule has 2 atom stereocenters. The van der Waals surface area contributed by atoms with E-state index >= 15 is 0 Å². The summed E-state index contributed by atoms with van der Waals surface area (Å²) >= 11 is 0. The molecule has 0 aliphatic carbocycles. The van der Waals surface area contributed by atoms with E-state index in [0.717, 1.165) is 0 Å². The Morgan fingerprint density at radius 1 is 1.20 bits per heavy atom. The molecule has 5 heteroatoms. The van der Waals surface area contributed by atoms with Gasteiger partial charge in [-0.15, -0.1) is 0 Å². The van der Waals surface area contributed by atoms with Gasteiger partial charge in [-0.2, -0.15) is 13.2 Å². The fourth-order valence-corrected chi connectivity index (χ4v) is 1.25. The van der Waals surface area contributed by atoms with Crippen LogP contribution in [0, 0.1) is 5.92 Å². The van der Waals surface area contributed by atoms with E-state index in [2.05, 4.69) is 5.32 Å². The molecule has 2 unspecified atom stereocenters. The van der Waals surface area contributed by atoms with E-state index in [9.17, 15) is 13.2 Å². The molecule has 0 saturated carbocycles. The standard InChI is InChI=1S/C10H21F3N2/c1-7(2)9(14)4-5-15-8(3)6-10(11,12)13/h7-9,15H,4-6,14H2,1-3H3. The lowest BCUT2D eigenvalue weighted by Crippen LogP contribution is -2.36. The highest BCUT2D eigenvalue weighted by molar-refractivity contribution is 4.70. The molecule has 0 rings (SSSR count). The van der Waals surface area contributed by atoms with Gasteiger partial charge in [-0.25, -0.2) is 0 Å². The number of rotatable bonds is 6. The van der Waals surface area contributed by atoms with Gasteiger partial charge in [0.2, 0.25) is 0 Å². The molecule has 0 aliphatic rings. The van der Waals surface area contributed by atoms with E-state index in [1.807, 2.05) is 13.8 Å². The molecular formula is C10H21F3N2. The Morgan fingerprint density at radius 3 is 2.13 bits per heavy atom. The van der Waals surface area contributed by atoms with Crippen LogP contribution in [0.4, 0.5) is 13.2 Å². The zero-order chi connectivity index (χ0) is 12.1. The van der Waals surface area contributed by atoms with Crippen LogP contribution in [0.2, 0.25) is 0 Å². The molecule has 2 nitrogen and oxygen atoms in total. The zero-order valence-corrected chi connectivity index (χ0v) is 9.56. The molecule has 0 radical (unpaired) electrons. The Morgan fingerprint density at radius 2 is 1.73 bits per heavy atom. The van der Waals surface area contributed by atoms with Crippen LogP contribution in [0.15, 0.2) is 0 Å². The number of alkyl halides is 3. The lowest BCUT2D eigenvalue weighted by Gasteiger charge is -2.19. The number of hydrogen-bond donors (Lipinski definition) is 2. The summed E-state index contributed by atoms with van der Waals surface area (Å²) in [5, 5.41) is 2.82. The third kappa shape index (κ3) is 8.69. The van der Waals surface area contributed by atoms with Crippen molar-refractivity contribution in [3.05, 3.63) is 0 Å². The maximum Gasteiger partial charge on any atom is 0.390 e. The van der Waals surface area contributed by atoms with E-state index in [0.29, 0.717) is 18.9 Å². The molecule has 0 aromatic rings. The SMILES string of the molecule is CC(CC(F)(F)F)NCCC(N)C(C)C. The van der Waals surface area contributed by atoms with Crippen LogP contribution in [0.5, 0.6) is 0 Å². The summed E-state index contributed by atoms with van der Waals surface area (Å²) in [6.45, 7) is 6.08. The molecule has 0 aromatic carbocycles. The third-order valence-corrected chi connectivity index (χ3v) is 2.36. The van der Waals surface area contributed by atoms with Gasteiger partial charge in [0, 0.05) is 12.1 Å². The molecule has 0 amide bonds. The van der Waals surface area contributed by atoms with Crippen molar-refractivity contribution in [1.82, 2.24) is 5.32 Å². The van der Waals surface area contributed by atoms with Crippen molar-refractivity contribution in [2.45, 2.75) is 51.9 Å². The number of nitrogens with one attached hydrogen (secondary N) is 1. The monoisotopic (exact) mass is 226 g/mol. The van der Waals surface area contributed by atoms with Crippen molar-refractivity contribution >= 4 is 0 Å². The van der Waals surface area contributed by atoms with Gasteiger partial charge in [-0.1, -0.05) is 13.8 Å². The molecule has 0 aromatic heterocycles. The predicted molar refractivity (Wildman–Crippen MR) is 55.6 cm³/mol. The second-order valence-corrected chi connectivity index (χ2v) is 4.37. The maximum absolute atomic E-state index is 12.0. The van der Waals surface area contributed by atoms with Crippen LogP contribution < -0.4 is 11.1 Å². The molecule has 3 N–H and O–H groups in total. The first-order valence-corrected chi connectivity index (χ1v) is 5.28. The summed E-state index contributed by atoms with van der Waals surface area (Å²) in [4.78, 5) is 0. The largest absolute Gasteiger partial charge is 0.390 e. The minimum atomic E-state index is -4.09. The lowest BCUT2D eigenvalue weighted by atomic mass is 10.0. The molecular weight excluding hydrogens is 205 g/mol. The van der Waals surface area contributed by atoms with Gasteiger partial charge in [0.25, 0.3) is 0 Å². The zero-order valence-electron chi connectivity index (χ0n) is 9.56. The summed E-state index contributed by atoms with van der Waals surface area (Å²) in [7, 11) is 0. The van der Waals surface area contributed by atoms with E-state index in [1.54, 1.807) is 0 Å². The fourth-order valence-electron chi connectivity index (χ4n) is 1.25. The first-order valence-electron chi connectivity index (χ1n) is 5.28. The van der Waals surface area contributed by atoms with Crippen LogP contribution in [-0.2, 0) is 0 Å². The second-order valence-electron chi connectivity index (χ2n) is 4.37. The Bertz CT molecular complexity index is 169. The number of nitrogens with two attached hydrogens (primary N) is 1. The number of hydrogen-bond acceptors (Lipinski definition) is 2. The molecule has 0 aliphatic heterocycles. The van der Waals surface area contributed by atoms with E-state index in [4.69, 9.17) is 5.73 Å². The average molecular weight is 226 g/mol. The highest BCUT2D eigenvalue weighted by Gasteiger charge is 2.29. The topological polar surface area (TPSA) is 38.0 Å². The quantitative estimate of drug-likeness (QED) is 0.729. The average Bonchev–Trinajstić information content (AvgIpc) is 2.00. The van der Waals surface area contributed by atoms with Gasteiger partial charge in [0.05, 0.1) is 6.42 Å². The molecule has 15 heavy (non-hydrogen) atoms. The maximum atomic E-state index is 12.0. The summed E-state index contributed by atoms with van der Waals surface area (Å²) < 4.78 is 35.9. The minimum Gasteiger partial charge on any atom is -0.327 e. The third-order valence-electron chi connectivity index (χ3n) is 2.36. The van der Waals surface area contributed by atoms with Gasteiger partial charge < -0.3 is 11.1 Å². The Hall–Kier alpha value is -0.290. The van der Waals surface area contributed by atoms with E-state index in [1.165, 1.54) is 6.92 Å². The van der Waals surface area contributed by atoms with Crippen LogP contribution in [0.25, 0.3) is 0 Å². The summed E-state index contributed by atoms with van der Waals surface area (Å²) in [5.74, 6) is 0.365. The normalized spacial score (nSPS) is 16.8. The van der Waals surface area contributed by atoms with Crippen LogP contribution in [-0.4, -0.2) is 24.8 Å². The molecule has 0 bridgehead atoms. The highest BCUT2D eigenvalue weighted by Crippen LogP contribution is 2.21. The molecule has 0 fully saturated rings. The van der Waals surface area contributed by atoms with Crippen molar-refractivity contribution in [1.29, 1.82) is 0 Å². The van der Waals surface area contributed by atoms with Gasteiger partial charge in [-0.05, 0) is 25.8 Å². The first kappa shape index (κ1) is 14.7. The smallest absolute Gasteiger partial charge is 0.327 e. The van der Waals surface area contributed by atoms with E-state index < -0.39 is 18.6 Å². The number of halogens is 3. The van der Waals surface area contributed by atoms with Crippen molar-refractivity contribution < 1.29 is 13.2 Å². The van der Waals surface area contributed by atoms with Crippen molar-refractivity contribution in [2.75, 3.05) is 6.54 Å². The van der Waals surface area contributed by atoms with Crippen LogP contribution in [0.1, 0.15) is 33.6 Å². The van der Waals surface area contributed by atoms with Crippen molar-refractivity contribution in [2.24, 2.45) is 11.7 Å². The fraction of sp³-hybridized carbons (Fsp3) is 1.00. The summed E-state index contributed by atoms with van der Waals surface area (Å²) in [6, 6.07) is -0.486. The lowest BCUT2D eigenvalue weighted by molar-refractivity contribution is -0.139. The van der Waals surface area contributed by atoms with Gasteiger partial charge in [-0.3, -0.25) is 0 Å². The minimum absolute atomic E-state index is 0.0515. The van der Waals surface area contributed by atoms with Crippen LogP contribution >= 0.6 is 0 Å². The van der Waals surface area contributed by atoms with Gasteiger partial charge in [0.15, 0.2) is 0 Å². The molecule has 0 saturated heterocycles. The first-order chi connectivity index (χ1) is 6.72. The Balaban J connectivity index is 3.60. The summed E-state index contributed by atoms with van der Waals surface area (Å²) in [5.41, 5.74) is 5.77. The van der Waals surface area contributed by atoms with Gasteiger partial charge in [0.1, 0.15) is 0 Å². The van der Waals surface area contributed by atoms with E-state index in [-0.39, 0.29) is 6.04 Å². The van der Waals surface area contributed by atoms with Crippen molar-refractivity contribution in [3.63, 3.8) is 0 Å². The van der Waals surface area contributed by atoms with Crippen molar-refractivity contribution in [3.8, 4) is 0 Å². The Labute approximate surface area is 89.4 Å². The van der Waals surface area contributed by atoms with Gasteiger partial charge >= 0.3 is 6.18 Å². The van der Waals surface area contributed by atoms with Crippen LogP contribution in [0.3, 0.4) is 0 Å². The Kier molecular flexibility index (Phi) is 6.20. The molecule has 92 valence electrons. The molecule has 0 spiro atoms. The second kappa shape index (κ2) is 6.33. The highest BCUT2D eigenvalue weighted by atomic mass is 19.4. The predicted octanol–water partition coefficient (Wildman–Crippen LogP) is 2.29. The summed E-state index contributed by atoms with van der Waals surface area (Å²) in [6.07, 6.45) is -4.17. The molecule has 0 heterocycles.